The maximum absolute atomic E-state index is 13.2. The van der Waals surface area contributed by atoms with Gasteiger partial charge in [-0.3, -0.25) is 18.5 Å². The number of carbonyl (C=O) groups excluding carboxylic acids is 1. The van der Waals surface area contributed by atoms with Gasteiger partial charge in [0.1, 0.15) is 17.7 Å². The minimum absolute atomic E-state index is 0.226. The number of hydrogen-bond donors (Lipinski definition) is 1. The lowest BCUT2D eigenvalue weighted by Gasteiger charge is -2.14. The number of imidazole rings is 2. The third-order valence-electron chi connectivity index (χ3n) is 7.38. The van der Waals surface area contributed by atoms with Gasteiger partial charge in [-0.1, -0.05) is 30.3 Å². The van der Waals surface area contributed by atoms with Crippen molar-refractivity contribution < 1.29 is 14.5 Å². The number of nitrogens with zero attached hydrogens (tertiary/aromatic N) is 5. The number of aromatic nitrogens is 4. The molecule has 0 saturated heterocycles. The first-order valence-electron chi connectivity index (χ1n) is 14.1. The molecule has 11 nitrogen and oxygen atoms in total. The van der Waals surface area contributed by atoms with Crippen LogP contribution in [-0.4, -0.2) is 29.5 Å². The summed E-state index contributed by atoms with van der Waals surface area (Å²) in [5.74, 6) is 0.885. The van der Waals surface area contributed by atoms with Crippen LogP contribution < -0.4 is 15.7 Å². The van der Waals surface area contributed by atoms with Crippen molar-refractivity contribution in [3.63, 3.8) is 0 Å². The predicted octanol–water partition coefficient (Wildman–Crippen LogP) is 6.57. The summed E-state index contributed by atoms with van der Waals surface area (Å²) in [4.78, 5) is 40.9. The molecule has 1 N–H and O–H groups in total. The SMILES string of the molecule is Cc1nc([N+](=O)[O-])cn1-c1cccc(C(C)C(=O)Nc2ccc(-n3ccn(-c4ccc(Oc5ccccc5)cc4)c3=O)cc2)c1. The van der Waals surface area contributed by atoms with Gasteiger partial charge in [0.05, 0.1) is 17.3 Å². The molecule has 4 aromatic carbocycles. The average Bonchev–Trinajstić information content (AvgIpc) is 3.64. The number of ether oxygens (including phenoxy) is 1. The van der Waals surface area contributed by atoms with Crippen molar-refractivity contribution in [1.29, 1.82) is 0 Å². The topological polar surface area (TPSA) is 126 Å². The van der Waals surface area contributed by atoms with Gasteiger partial charge in [-0.15, -0.1) is 0 Å². The van der Waals surface area contributed by atoms with E-state index >= 15 is 0 Å². The van der Waals surface area contributed by atoms with Gasteiger partial charge in [0.15, 0.2) is 0 Å². The summed E-state index contributed by atoms with van der Waals surface area (Å²) in [5.41, 5.74) is 3.09. The molecule has 1 atom stereocenters. The first kappa shape index (κ1) is 28.9. The monoisotopic (exact) mass is 600 g/mol. The zero-order chi connectivity index (χ0) is 31.5. The van der Waals surface area contributed by atoms with Crippen molar-refractivity contribution in [1.82, 2.24) is 18.7 Å². The van der Waals surface area contributed by atoms with Gasteiger partial charge < -0.3 is 20.2 Å². The van der Waals surface area contributed by atoms with Crippen molar-refractivity contribution >= 4 is 17.4 Å². The highest BCUT2D eigenvalue weighted by molar-refractivity contribution is 5.95. The van der Waals surface area contributed by atoms with Crippen LogP contribution in [0.1, 0.15) is 24.2 Å². The highest BCUT2D eigenvalue weighted by Crippen LogP contribution is 2.25. The number of rotatable bonds is 9. The van der Waals surface area contributed by atoms with Gasteiger partial charge in [-0.2, -0.15) is 0 Å². The number of nitro groups is 1. The largest absolute Gasteiger partial charge is 0.457 e. The van der Waals surface area contributed by atoms with Crippen LogP contribution in [0.25, 0.3) is 17.1 Å². The average molecular weight is 601 g/mol. The van der Waals surface area contributed by atoms with Crippen LogP contribution in [-0.2, 0) is 4.79 Å². The number of nitrogens with one attached hydrogen (secondary N) is 1. The Morgan fingerprint density at radius 2 is 1.44 bits per heavy atom. The van der Waals surface area contributed by atoms with Crippen LogP contribution in [0, 0.1) is 17.0 Å². The van der Waals surface area contributed by atoms with E-state index in [1.54, 1.807) is 71.8 Å². The molecule has 224 valence electrons. The molecular formula is C34H28N6O5. The van der Waals surface area contributed by atoms with E-state index in [2.05, 4.69) is 10.3 Å². The van der Waals surface area contributed by atoms with Crippen molar-refractivity contribution in [2.45, 2.75) is 19.8 Å². The lowest BCUT2D eigenvalue weighted by atomic mass is 9.99. The minimum atomic E-state index is -0.540. The molecule has 0 spiro atoms. The Kier molecular flexibility index (Phi) is 7.81. The Morgan fingerprint density at radius 3 is 2.07 bits per heavy atom. The molecule has 1 amide bonds. The maximum atomic E-state index is 13.2. The fourth-order valence-corrected chi connectivity index (χ4v) is 4.93. The molecule has 45 heavy (non-hydrogen) atoms. The Bertz CT molecular complexity index is 2040. The van der Waals surface area contributed by atoms with Gasteiger partial charge in [0, 0.05) is 30.7 Å². The van der Waals surface area contributed by atoms with Gasteiger partial charge in [-0.25, -0.2) is 4.79 Å². The molecule has 6 rings (SSSR count). The highest BCUT2D eigenvalue weighted by Gasteiger charge is 2.19. The zero-order valence-electron chi connectivity index (χ0n) is 24.4. The molecule has 0 aliphatic heterocycles. The van der Waals surface area contributed by atoms with E-state index in [-0.39, 0.29) is 17.4 Å². The molecule has 0 aliphatic rings. The number of para-hydroxylation sites is 1. The molecular weight excluding hydrogens is 572 g/mol. The fourth-order valence-electron chi connectivity index (χ4n) is 4.93. The summed E-state index contributed by atoms with van der Waals surface area (Å²) >= 11 is 0. The lowest BCUT2D eigenvalue weighted by molar-refractivity contribution is -0.389. The molecule has 2 heterocycles. The van der Waals surface area contributed by atoms with Crippen LogP contribution in [0.4, 0.5) is 11.5 Å². The van der Waals surface area contributed by atoms with E-state index in [9.17, 15) is 19.7 Å². The molecule has 2 aromatic heterocycles. The Labute approximate surface area is 257 Å². The normalized spacial score (nSPS) is 11.6. The molecule has 1 unspecified atom stereocenters. The van der Waals surface area contributed by atoms with Crippen LogP contribution in [0.3, 0.4) is 0 Å². The summed E-state index contributed by atoms with van der Waals surface area (Å²) in [6.07, 6.45) is 4.75. The summed E-state index contributed by atoms with van der Waals surface area (Å²) < 4.78 is 10.5. The van der Waals surface area contributed by atoms with Gasteiger partial charge in [0.25, 0.3) is 0 Å². The smallest absolute Gasteiger partial charge is 0.382 e. The quantitative estimate of drug-likeness (QED) is 0.148. The van der Waals surface area contributed by atoms with Gasteiger partial charge in [-0.05, 0) is 95.2 Å². The summed E-state index contributed by atoms with van der Waals surface area (Å²) in [5, 5.41) is 14.1. The third-order valence-corrected chi connectivity index (χ3v) is 7.38. The predicted molar refractivity (Wildman–Crippen MR) is 170 cm³/mol. The maximum Gasteiger partial charge on any atom is 0.382 e. The third kappa shape index (κ3) is 6.13. The Hall–Kier alpha value is -6.23. The van der Waals surface area contributed by atoms with E-state index in [1.165, 1.54) is 10.8 Å². The summed E-state index contributed by atoms with van der Waals surface area (Å²) in [6, 6.07) is 31.0. The number of carbonyl (C=O) groups is 1. The molecule has 0 radical (unpaired) electrons. The van der Waals surface area contributed by atoms with E-state index in [1.807, 2.05) is 66.7 Å². The van der Waals surface area contributed by atoms with Crippen LogP contribution >= 0.6 is 0 Å². The zero-order valence-corrected chi connectivity index (χ0v) is 24.4. The van der Waals surface area contributed by atoms with Gasteiger partial charge >= 0.3 is 11.5 Å². The lowest BCUT2D eigenvalue weighted by Crippen LogP contribution is -2.22. The first-order chi connectivity index (χ1) is 21.8. The van der Waals surface area contributed by atoms with Crippen molar-refractivity contribution in [2.75, 3.05) is 5.32 Å². The Morgan fingerprint density at radius 1 is 0.822 bits per heavy atom. The second-order valence-corrected chi connectivity index (χ2v) is 10.4. The van der Waals surface area contributed by atoms with Crippen molar-refractivity contribution in [2.24, 2.45) is 0 Å². The van der Waals surface area contributed by atoms with E-state index < -0.39 is 10.8 Å². The second-order valence-electron chi connectivity index (χ2n) is 10.4. The van der Waals surface area contributed by atoms with Crippen LogP contribution in [0.15, 0.2) is 127 Å². The number of hydrogen-bond acceptors (Lipinski definition) is 6. The summed E-state index contributed by atoms with van der Waals surface area (Å²) in [6.45, 7) is 3.47. The van der Waals surface area contributed by atoms with E-state index in [0.717, 1.165) is 11.3 Å². The molecule has 0 fully saturated rings. The number of anilines is 1. The number of amides is 1. The summed E-state index contributed by atoms with van der Waals surface area (Å²) in [7, 11) is 0. The highest BCUT2D eigenvalue weighted by atomic mass is 16.6. The number of aryl methyl sites for hydroxylation is 1. The Balaban J connectivity index is 1.13. The second kappa shape index (κ2) is 12.2. The minimum Gasteiger partial charge on any atom is -0.457 e. The van der Waals surface area contributed by atoms with Gasteiger partial charge in [0.2, 0.25) is 11.7 Å². The van der Waals surface area contributed by atoms with E-state index in [0.29, 0.717) is 34.3 Å². The van der Waals surface area contributed by atoms with E-state index in [4.69, 9.17) is 4.74 Å². The van der Waals surface area contributed by atoms with Crippen LogP contribution in [0.5, 0.6) is 11.5 Å². The fraction of sp³-hybridized carbons (Fsp3) is 0.0882. The van der Waals surface area contributed by atoms with Crippen LogP contribution in [0.2, 0.25) is 0 Å². The molecule has 0 aliphatic carbocycles. The number of benzene rings is 4. The standard InChI is InChI=1S/C34H28N6O5/c1-23(25-7-6-8-29(21-25)39-22-32(40(43)44)35-24(39)2)33(41)36-26-11-13-27(14-12-26)37-19-20-38(34(37)42)28-15-17-31(18-16-28)45-30-9-4-3-5-10-30/h3-23H,1-2H3,(H,36,41). The van der Waals surface area contributed by atoms with Crippen molar-refractivity contribution in [3.05, 3.63) is 154 Å². The molecule has 0 saturated carbocycles. The molecule has 6 aromatic rings. The first-order valence-corrected chi connectivity index (χ1v) is 14.1. The van der Waals surface area contributed by atoms with Crippen molar-refractivity contribution in [3.8, 4) is 28.6 Å². The molecule has 0 bridgehead atoms. The molecule has 11 heteroatoms.